The van der Waals surface area contributed by atoms with Gasteiger partial charge in [0, 0.05) is 25.7 Å². The van der Waals surface area contributed by atoms with Gasteiger partial charge in [0.25, 0.3) is 0 Å². The highest BCUT2D eigenvalue weighted by atomic mass is 31.1. The van der Waals surface area contributed by atoms with Crippen molar-refractivity contribution in [3.8, 4) is 0 Å². The fourth-order valence-corrected chi connectivity index (χ4v) is 2.37. The van der Waals surface area contributed by atoms with Gasteiger partial charge in [-0.05, 0) is 32.0 Å². The lowest BCUT2D eigenvalue weighted by Crippen LogP contribution is -2.44. The smallest absolute Gasteiger partial charge is 0.0522 e. The van der Waals surface area contributed by atoms with E-state index in [0.29, 0.717) is 12.0 Å². The average Bonchev–Trinajstić information content (AvgIpc) is 2.31. The molecular weight excluding hydrogens is 239 g/mol. The standard InChI is InChI=1S/C15H29N2P/c1-11(2)13(5)16(7)17(8)14(6)15(10-18-9)12(3)4/h10-11,13,18H,3,6H2,1-2,4-5,7-9H3/b15-10+. The van der Waals surface area contributed by atoms with Gasteiger partial charge in [-0.15, -0.1) is 8.58 Å². The van der Waals surface area contributed by atoms with Crippen molar-refractivity contribution in [2.75, 3.05) is 20.8 Å². The highest BCUT2D eigenvalue weighted by Gasteiger charge is 2.19. The van der Waals surface area contributed by atoms with E-state index >= 15 is 0 Å². The molecule has 0 radical (unpaired) electrons. The maximum Gasteiger partial charge on any atom is 0.0522 e. The highest BCUT2D eigenvalue weighted by Crippen LogP contribution is 2.25. The maximum absolute atomic E-state index is 4.22. The zero-order valence-corrected chi connectivity index (χ0v) is 14.0. The Kier molecular flexibility index (Phi) is 7.51. The van der Waals surface area contributed by atoms with Gasteiger partial charge in [0.15, 0.2) is 0 Å². The van der Waals surface area contributed by atoms with E-state index in [9.17, 15) is 0 Å². The van der Waals surface area contributed by atoms with Crippen LogP contribution in [0.3, 0.4) is 0 Å². The first kappa shape index (κ1) is 17.4. The fourth-order valence-electron chi connectivity index (χ4n) is 1.67. The molecule has 0 heterocycles. The van der Waals surface area contributed by atoms with E-state index in [1.807, 2.05) is 6.92 Å². The summed E-state index contributed by atoms with van der Waals surface area (Å²) in [7, 11) is 4.95. The van der Waals surface area contributed by atoms with Gasteiger partial charge >= 0.3 is 0 Å². The molecule has 0 aliphatic heterocycles. The molecule has 0 saturated heterocycles. The Labute approximate surface area is 115 Å². The number of hydrogen-bond donors (Lipinski definition) is 0. The summed E-state index contributed by atoms with van der Waals surface area (Å²) in [4.78, 5) is 0. The van der Waals surface area contributed by atoms with Crippen molar-refractivity contribution in [1.82, 2.24) is 10.0 Å². The molecular formula is C15H29N2P. The number of likely N-dealkylation sites (N-methyl/N-ethyl adjacent to an activating group) is 1. The molecule has 0 saturated carbocycles. The van der Waals surface area contributed by atoms with Crippen molar-refractivity contribution in [3.63, 3.8) is 0 Å². The minimum Gasteiger partial charge on any atom is -0.309 e. The summed E-state index contributed by atoms with van der Waals surface area (Å²) < 4.78 is 0. The SMILES string of the molecule is C=C(C)/C(=C\PC)C(=C)N(C)N(C)C(C)C(C)C. The lowest BCUT2D eigenvalue weighted by atomic mass is 10.1. The molecule has 2 nitrogen and oxygen atoms in total. The molecule has 18 heavy (non-hydrogen) atoms. The van der Waals surface area contributed by atoms with Crippen LogP contribution in [0.5, 0.6) is 0 Å². The summed E-state index contributed by atoms with van der Waals surface area (Å²) in [5.41, 5.74) is 3.26. The van der Waals surface area contributed by atoms with Crippen molar-refractivity contribution in [1.29, 1.82) is 0 Å². The molecule has 2 atom stereocenters. The van der Waals surface area contributed by atoms with Crippen molar-refractivity contribution in [3.05, 3.63) is 35.8 Å². The van der Waals surface area contributed by atoms with Gasteiger partial charge in [0.05, 0.1) is 5.70 Å². The van der Waals surface area contributed by atoms with E-state index in [-0.39, 0.29) is 0 Å². The van der Waals surface area contributed by atoms with Gasteiger partial charge in [-0.3, -0.25) is 0 Å². The van der Waals surface area contributed by atoms with Gasteiger partial charge in [-0.25, -0.2) is 5.01 Å². The van der Waals surface area contributed by atoms with Crippen LogP contribution in [0.15, 0.2) is 35.8 Å². The molecule has 104 valence electrons. The van der Waals surface area contributed by atoms with Gasteiger partial charge in [-0.1, -0.05) is 32.8 Å². The van der Waals surface area contributed by atoms with Crippen LogP contribution in [-0.4, -0.2) is 36.8 Å². The Morgan fingerprint density at radius 2 is 1.67 bits per heavy atom. The summed E-state index contributed by atoms with van der Waals surface area (Å²) >= 11 is 0. The van der Waals surface area contributed by atoms with Crippen LogP contribution >= 0.6 is 8.58 Å². The summed E-state index contributed by atoms with van der Waals surface area (Å²) in [5.74, 6) is 2.82. The molecule has 3 heteroatoms. The third-order valence-electron chi connectivity index (χ3n) is 3.48. The van der Waals surface area contributed by atoms with Crippen LogP contribution in [0.25, 0.3) is 0 Å². The number of hydrogen-bond acceptors (Lipinski definition) is 2. The van der Waals surface area contributed by atoms with Crippen LogP contribution in [0, 0.1) is 5.92 Å². The number of allylic oxidation sites excluding steroid dienone is 1. The zero-order valence-electron chi connectivity index (χ0n) is 13.0. The van der Waals surface area contributed by atoms with E-state index in [2.05, 4.69) is 70.5 Å². The van der Waals surface area contributed by atoms with Crippen molar-refractivity contribution < 1.29 is 0 Å². The van der Waals surface area contributed by atoms with E-state index in [1.54, 1.807) is 0 Å². The number of rotatable bonds is 7. The predicted octanol–water partition coefficient (Wildman–Crippen LogP) is 4.09. The largest absolute Gasteiger partial charge is 0.309 e. The van der Waals surface area contributed by atoms with Crippen LogP contribution in [0.1, 0.15) is 27.7 Å². The molecule has 0 spiro atoms. The third kappa shape index (κ3) is 4.59. The Morgan fingerprint density at radius 1 is 1.17 bits per heavy atom. The van der Waals surface area contributed by atoms with Crippen LogP contribution in [0.4, 0.5) is 0 Å². The Bertz CT molecular complexity index is 331. The average molecular weight is 268 g/mol. The Balaban J connectivity index is 4.98. The zero-order chi connectivity index (χ0) is 14.5. The third-order valence-corrected chi connectivity index (χ3v) is 4.05. The molecule has 0 aromatic carbocycles. The summed E-state index contributed by atoms with van der Waals surface area (Å²) in [6, 6.07) is 0.474. The lowest BCUT2D eigenvalue weighted by Gasteiger charge is -2.38. The van der Waals surface area contributed by atoms with E-state index in [0.717, 1.165) is 19.9 Å². The number of nitrogens with zero attached hydrogens (tertiary/aromatic N) is 2. The molecule has 0 bridgehead atoms. The van der Waals surface area contributed by atoms with Gasteiger partial charge in [0.1, 0.15) is 0 Å². The minimum absolute atomic E-state index is 0.474. The quantitative estimate of drug-likeness (QED) is 0.390. The molecule has 0 aliphatic rings. The number of hydrazine groups is 1. The Hall–Kier alpha value is -0.590. The first-order valence-electron chi connectivity index (χ1n) is 6.43. The molecule has 0 fully saturated rings. The first-order chi connectivity index (χ1) is 8.23. The van der Waals surface area contributed by atoms with Gasteiger partial charge < -0.3 is 5.01 Å². The highest BCUT2D eigenvalue weighted by molar-refractivity contribution is 7.40. The second-order valence-electron chi connectivity index (χ2n) is 5.16. The molecule has 0 aromatic heterocycles. The van der Waals surface area contributed by atoms with Crippen molar-refractivity contribution >= 4 is 8.58 Å². The van der Waals surface area contributed by atoms with Crippen LogP contribution < -0.4 is 0 Å². The molecule has 0 amide bonds. The molecule has 0 aromatic rings. The minimum atomic E-state index is 0.474. The van der Waals surface area contributed by atoms with E-state index < -0.39 is 0 Å². The Morgan fingerprint density at radius 3 is 2.00 bits per heavy atom. The molecule has 0 N–H and O–H groups in total. The summed E-state index contributed by atoms with van der Waals surface area (Å²) in [6.45, 7) is 19.2. The predicted molar refractivity (Wildman–Crippen MR) is 86.1 cm³/mol. The van der Waals surface area contributed by atoms with Crippen LogP contribution in [-0.2, 0) is 0 Å². The van der Waals surface area contributed by atoms with Gasteiger partial charge in [-0.2, -0.15) is 0 Å². The molecule has 0 aliphatic carbocycles. The van der Waals surface area contributed by atoms with Crippen molar-refractivity contribution in [2.45, 2.75) is 33.7 Å². The first-order valence-corrected chi connectivity index (χ1v) is 8.00. The van der Waals surface area contributed by atoms with E-state index in [4.69, 9.17) is 0 Å². The monoisotopic (exact) mass is 268 g/mol. The fraction of sp³-hybridized carbons (Fsp3) is 0.600. The second-order valence-corrected chi connectivity index (χ2v) is 6.02. The molecule has 2 unspecified atom stereocenters. The van der Waals surface area contributed by atoms with E-state index in [1.165, 1.54) is 5.57 Å². The molecule has 0 rings (SSSR count). The topological polar surface area (TPSA) is 6.48 Å². The second kappa shape index (κ2) is 7.76. The summed E-state index contributed by atoms with van der Waals surface area (Å²) in [5, 5.41) is 4.37. The maximum atomic E-state index is 4.22. The lowest BCUT2D eigenvalue weighted by molar-refractivity contribution is 0.00949. The normalized spacial score (nSPS) is 14.6. The van der Waals surface area contributed by atoms with Crippen molar-refractivity contribution in [2.24, 2.45) is 5.92 Å². The summed E-state index contributed by atoms with van der Waals surface area (Å²) in [6.07, 6.45) is 0. The van der Waals surface area contributed by atoms with Crippen LogP contribution in [0.2, 0.25) is 0 Å². The van der Waals surface area contributed by atoms with Gasteiger partial charge in [0.2, 0.25) is 0 Å².